The Hall–Kier alpha value is -13.0. The molecule has 0 aliphatic heterocycles. The van der Waals surface area contributed by atoms with Gasteiger partial charge in [-0.15, -0.1) is 0 Å². The van der Waals surface area contributed by atoms with E-state index in [-0.39, 0.29) is 0 Å². The van der Waals surface area contributed by atoms with E-state index in [1.807, 2.05) is 0 Å². The molecule has 0 heterocycles. The van der Waals surface area contributed by atoms with Crippen LogP contribution in [0.15, 0.2) is 388 Å². The van der Waals surface area contributed by atoms with Crippen molar-refractivity contribution in [3.05, 3.63) is 388 Å². The van der Waals surface area contributed by atoms with E-state index in [0.717, 1.165) is 0 Å². The van der Waals surface area contributed by atoms with Crippen molar-refractivity contribution in [2.45, 2.75) is 0 Å². The van der Waals surface area contributed by atoms with E-state index in [9.17, 15) is 0 Å². The summed E-state index contributed by atoms with van der Waals surface area (Å²) >= 11 is 0. The lowest BCUT2D eigenvalue weighted by atomic mass is 9.94. The summed E-state index contributed by atoms with van der Waals surface area (Å²) < 4.78 is 0. The molecule has 0 saturated heterocycles. The summed E-state index contributed by atoms with van der Waals surface area (Å²) in [4.78, 5) is 0. The van der Waals surface area contributed by atoms with Crippen molar-refractivity contribution in [3.63, 3.8) is 0 Å². The molecule has 48 aliphatic carbocycles. The van der Waals surface area contributed by atoms with E-state index >= 15 is 0 Å². The SMILES string of the molecule is c1cc2ccc1-c1ccc(cc1)-c1ccc(cc1)-c1ccc(cc1)-c1ccc3cc4cc(ccc4cc3c1)-c1ccc(cc1)-c1ccc(cc1)-c1ccc(cc1)-c1ccc(cc1)-c1ccc(cc1)-c1ccc(cc1)-c1ccc3cc4cc(ccc4cc3c1)-c1ccc(cc1)-c1ccc-2cc1. The minimum Gasteiger partial charge on any atom is -0.0538 e. The maximum Gasteiger partial charge on any atom is -0.0171 e. The molecule has 0 unspecified atom stereocenters. The Kier molecular flexibility index (Phi) is 14.3. The van der Waals surface area contributed by atoms with Crippen molar-refractivity contribution in [1.82, 2.24) is 0 Å². The van der Waals surface area contributed by atoms with Crippen molar-refractivity contribution < 1.29 is 0 Å². The first-order valence-electron chi connectivity index (χ1n) is 34.6. The van der Waals surface area contributed by atoms with Gasteiger partial charge < -0.3 is 0 Å². The van der Waals surface area contributed by atoms with Gasteiger partial charge >= 0.3 is 0 Å². The van der Waals surface area contributed by atoms with Crippen molar-refractivity contribution in [2.75, 3.05) is 0 Å². The molecule has 0 N–H and O–H groups in total. The first-order valence-corrected chi connectivity index (χ1v) is 34.6. The topological polar surface area (TPSA) is 0 Å². The summed E-state index contributed by atoms with van der Waals surface area (Å²) in [5.74, 6) is 0. The van der Waals surface area contributed by atoms with Gasteiger partial charge in [0.2, 0.25) is 0 Å². The second-order valence-corrected chi connectivity index (χ2v) is 26.9. The molecule has 0 fully saturated rings. The predicted molar refractivity (Wildman–Crippen MR) is 426 cm³/mol. The Morgan fingerprint density at radius 2 is 0.140 bits per heavy atom. The number of hydrogen-bond donors (Lipinski definition) is 0. The van der Waals surface area contributed by atoms with Crippen molar-refractivity contribution in [3.8, 4) is 156 Å². The number of benzene rings is 18. The lowest BCUT2D eigenvalue weighted by Crippen LogP contribution is -1.85. The summed E-state index contributed by atoms with van der Waals surface area (Å²) in [6, 6.07) is 144. The van der Waals surface area contributed by atoms with Crippen LogP contribution in [0.5, 0.6) is 0 Å². The van der Waals surface area contributed by atoms with Gasteiger partial charge in [0, 0.05) is 0 Å². The molecule has 0 atom stereocenters. The molecule has 36 bridgehead atoms. The van der Waals surface area contributed by atoms with Crippen molar-refractivity contribution >= 4 is 43.1 Å². The van der Waals surface area contributed by atoms with Gasteiger partial charge in [-0.1, -0.05) is 340 Å². The highest BCUT2D eigenvalue weighted by Crippen LogP contribution is 2.39. The molecule has 18 aromatic carbocycles. The smallest absolute Gasteiger partial charge is 0.0171 e. The Bertz CT molecular complexity index is 5320. The van der Waals surface area contributed by atoms with Gasteiger partial charge in [-0.2, -0.15) is 0 Å². The third-order valence-electron chi connectivity index (χ3n) is 20.9. The van der Waals surface area contributed by atoms with E-state index in [1.54, 1.807) is 0 Å². The first kappa shape index (κ1) is 58.4. The minimum atomic E-state index is 1.20. The minimum absolute atomic E-state index is 1.20. The second-order valence-electron chi connectivity index (χ2n) is 26.9. The van der Waals surface area contributed by atoms with Crippen LogP contribution in [0.25, 0.3) is 199 Å². The van der Waals surface area contributed by atoms with Crippen LogP contribution in [0.3, 0.4) is 0 Å². The highest BCUT2D eigenvalue weighted by molar-refractivity contribution is 6.03. The molecule has 48 aliphatic rings. The van der Waals surface area contributed by atoms with Gasteiger partial charge in [0.15, 0.2) is 0 Å². The summed E-state index contributed by atoms with van der Waals surface area (Å²) in [6.45, 7) is 0. The van der Waals surface area contributed by atoms with E-state index in [2.05, 4.69) is 388 Å². The zero-order valence-corrected chi connectivity index (χ0v) is 55.0. The monoisotopic (exact) mass is 1260 g/mol. The molecule has 0 spiro atoms. The van der Waals surface area contributed by atoms with Gasteiger partial charge in [-0.3, -0.25) is 0 Å². The normalized spacial score (nSPS) is 11.6. The van der Waals surface area contributed by atoms with E-state index in [0.29, 0.717) is 0 Å². The molecule has 0 radical (unpaired) electrons. The fourth-order valence-electron chi connectivity index (χ4n) is 15.0. The van der Waals surface area contributed by atoms with Crippen LogP contribution in [-0.2, 0) is 0 Å². The van der Waals surface area contributed by atoms with Gasteiger partial charge in [0.25, 0.3) is 0 Å². The number of rotatable bonds is 0. The molecule has 464 valence electrons. The maximum absolute atomic E-state index is 2.33. The van der Waals surface area contributed by atoms with Crippen molar-refractivity contribution in [2.24, 2.45) is 0 Å². The van der Waals surface area contributed by atoms with Crippen LogP contribution in [0, 0.1) is 0 Å². The molecule has 0 amide bonds. The van der Waals surface area contributed by atoms with Crippen LogP contribution in [0.2, 0.25) is 0 Å². The highest BCUT2D eigenvalue weighted by Gasteiger charge is 2.13. The third-order valence-corrected chi connectivity index (χ3v) is 20.9. The van der Waals surface area contributed by atoms with Gasteiger partial charge in [0.05, 0.1) is 0 Å². The third kappa shape index (κ3) is 11.2. The predicted octanol–water partition coefficient (Wildman–Crippen LogP) is 28.0. The standard InChI is InChI=1S/C100H64/c1-9-69-10-2-65(1)66-3-11-70(12-4-66)74-19-27-78(28-20-74)82-35-43-86(44-36-82)90-50-54-95-64-100-60-92(52-56-96(100)63-98(95)58-90)88-47-39-84(40-48-88)80-31-23-76(24-32-80)72-15-7-68(8-16-72)67-5-13-71(14-6-67)75-21-29-79(30-22-75)83-37-45-87(46-38-83)91-51-55-94-61-97-57-89(49-53-93(97)62-99(94)59-91)85-41-33-81(34-42-85)77-25-17-73(69)18-26-77/h1-64H. The van der Waals surface area contributed by atoms with Crippen LogP contribution in [0.1, 0.15) is 0 Å². The van der Waals surface area contributed by atoms with Crippen LogP contribution < -0.4 is 0 Å². The van der Waals surface area contributed by atoms with E-state index in [4.69, 9.17) is 0 Å². The van der Waals surface area contributed by atoms with Crippen LogP contribution >= 0.6 is 0 Å². The Morgan fingerprint density at radius 3 is 0.240 bits per heavy atom. The van der Waals surface area contributed by atoms with E-state index < -0.39 is 0 Å². The lowest BCUT2D eigenvalue weighted by Gasteiger charge is -2.10. The maximum atomic E-state index is 2.33. The molecule has 0 heteroatoms. The Labute approximate surface area is 583 Å². The fourth-order valence-corrected chi connectivity index (χ4v) is 15.0. The van der Waals surface area contributed by atoms with Gasteiger partial charge in [-0.25, -0.2) is 0 Å². The zero-order chi connectivity index (χ0) is 66.0. The lowest BCUT2D eigenvalue weighted by molar-refractivity contribution is 1.56. The molecular weight excluding hydrogens is 1200 g/mol. The Morgan fingerprint density at radius 1 is 0.0600 bits per heavy atom. The molecular formula is C100H64. The van der Waals surface area contributed by atoms with Crippen LogP contribution in [-0.4, -0.2) is 0 Å². The van der Waals surface area contributed by atoms with Gasteiger partial charge in [0.1, 0.15) is 0 Å². The largest absolute Gasteiger partial charge is 0.0538 e. The zero-order valence-electron chi connectivity index (χ0n) is 55.0. The summed E-state index contributed by atoms with van der Waals surface area (Å²) in [7, 11) is 0. The molecule has 18 aromatic rings. The summed E-state index contributed by atoms with van der Waals surface area (Å²) in [6.07, 6.45) is 0. The summed E-state index contributed by atoms with van der Waals surface area (Å²) in [5.41, 5.74) is 33.7. The van der Waals surface area contributed by atoms with Crippen LogP contribution in [0.4, 0.5) is 0 Å². The van der Waals surface area contributed by atoms with Gasteiger partial charge in [-0.05, 0) is 247 Å². The van der Waals surface area contributed by atoms with Crippen molar-refractivity contribution in [1.29, 1.82) is 0 Å². The average Bonchev–Trinajstić information content (AvgIpc) is 0.789. The molecule has 0 aromatic heterocycles. The highest BCUT2D eigenvalue weighted by atomic mass is 14.2. The average molecular weight is 1270 g/mol. The molecule has 100 heavy (non-hydrogen) atoms. The molecule has 66 rings (SSSR count). The fraction of sp³-hybridized carbons (Fsp3) is 0. The van der Waals surface area contributed by atoms with E-state index in [1.165, 1.54) is 199 Å². The number of hydrogen-bond acceptors (Lipinski definition) is 0. The molecule has 0 saturated carbocycles. The summed E-state index contributed by atoms with van der Waals surface area (Å²) in [5, 5.41) is 9.90. The quantitative estimate of drug-likeness (QED) is 0.133. The first-order chi connectivity index (χ1) is 49.4. The Balaban J connectivity index is 0.587. The molecule has 0 nitrogen and oxygen atoms in total. The second kappa shape index (κ2) is 24.6.